The van der Waals surface area contributed by atoms with Crippen LogP contribution in [0.15, 0.2) is 6.07 Å². The molecule has 0 aromatic heterocycles. The summed E-state index contributed by atoms with van der Waals surface area (Å²) in [4.78, 5) is 22.6. The molecule has 0 radical (unpaired) electrons. The first kappa shape index (κ1) is 14.3. The Hall–Kier alpha value is -1.72. The smallest absolute Gasteiger partial charge is 0.198 e. The van der Waals surface area contributed by atoms with Crippen LogP contribution in [0.5, 0.6) is 0 Å². The molecule has 0 aliphatic heterocycles. The lowest BCUT2D eigenvalue weighted by Gasteiger charge is -2.04. The summed E-state index contributed by atoms with van der Waals surface area (Å²) in [5.74, 6) is -9.01. The quantitative estimate of drug-likeness (QED) is 0.268. The summed E-state index contributed by atoms with van der Waals surface area (Å²) in [6, 6.07) is 0.259. The number of hydrogen-bond donors (Lipinski definition) is 0. The summed E-state index contributed by atoms with van der Waals surface area (Å²) in [5.41, 5.74) is -0.948. The third-order valence-electron chi connectivity index (χ3n) is 2.29. The zero-order valence-electron chi connectivity index (χ0n) is 9.53. The van der Waals surface area contributed by atoms with Crippen LogP contribution >= 0.6 is 0 Å². The molecule has 0 amide bonds. The van der Waals surface area contributed by atoms with Crippen LogP contribution in [-0.2, 0) is 4.79 Å². The van der Waals surface area contributed by atoms with Crippen molar-refractivity contribution >= 4 is 11.6 Å². The lowest BCUT2D eigenvalue weighted by atomic mass is 10.0. The van der Waals surface area contributed by atoms with E-state index >= 15 is 0 Å². The highest BCUT2D eigenvalue weighted by molar-refractivity contribution is 6.08. The molecule has 0 unspecified atom stereocenters. The van der Waals surface area contributed by atoms with Crippen LogP contribution in [0.2, 0.25) is 0 Å². The SMILES string of the molecule is CCCC(=O)CC(=O)c1cc(F)c(F)c(F)c1F. The monoisotopic (exact) mass is 262 g/mol. The van der Waals surface area contributed by atoms with Crippen LogP contribution < -0.4 is 0 Å². The molecule has 0 aliphatic carbocycles. The standard InChI is InChI=1S/C12H10F4O2/c1-2-3-6(17)4-9(18)7-5-8(13)11(15)12(16)10(7)14/h5H,2-4H2,1H3. The number of rotatable bonds is 5. The lowest BCUT2D eigenvalue weighted by Crippen LogP contribution is -2.12. The predicted molar refractivity (Wildman–Crippen MR) is 55.1 cm³/mol. The van der Waals surface area contributed by atoms with Crippen molar-refractivity contribution in [1.29, 1.82) is 0 Å². The van der Waals surface area contributed by atoms with Gasteiger partial charge in [-0.25, -0.2) is 17.6 Å². The van der Waals surface area contributed by atoms with Gasteiger partial charge in [-0.05, 0) is 12.5 Å². The van der Waals surface area contributed by atoms with Crippen molar-refractivity contribution in [1.82, 2.24) is 0 Å². The minimum absolute atomic E-state index is 0.111. The van der Waals surface area contributed by atoms with Gasteiger partial charge >= 0.3 is 0 Å². The van der Waals surface area contributed by atoms with E-state index in [0.29, 0.717) is 6.42 Å². The van der Waals surface area contributed by atoms with Crippen LogP contribution in [0.4, 0.5) is 17.6 Å². The Labute approximate surface area is 101 Å². The van der Waals surface area contributed by atoms with E-state index in [0.717, 1.165) is 0 Å². The fraction of sp³-hybridized carbons (Fsp3) is 0.333. The topological polar surface area (TPSA) is 34.1 Å². The van der Waals surface area contributed by atoms with Gasteiger partial charge in [-0.3, -0.25) is 9.59 Å². The van der Waals surface area contributed by atoms with Crippen LogP contribution in [0.1, 0.15) is 36.5 Å². The number of carbonyl (C=O) groups is 2. The molecule has 98 valence electrons. The molecule has 2 nitrogen and oxygen atoms in total. The summed E-state index contributed by atoms with van der Waals surface area (Å²) in [6.45, 7) is 1.71. The van der Waals surface area contributed by atoms with Gasteiger partial charge in [0.1, 0.15) is 5.78 Å². The van der Waals surface area contributed by atoms with Crippen molar-refractivity contribution in [3.05, 3.63) is 34.9 Å². The zero-order chi connectivity index (χ0) is 13.9. The Morgan fingerprint density at radius 3 is 2.22 bits per heavy atom. The zero-order valence-corrected chi connectivity index (χ0v) is 9.53. The van der Waals surface area contributed by atoms with E-state index in [9.17, 15) is 27.2 Å². The first-order valence-corrected chi connectivity index (χ1v) is 5.26. The number of Topliss-reactive ketones (excluding diaryl/α,β-unsaturated/α-hetero) is 2. The second-order valence-electron chi connectivity index (χ2n) is 3.74. The fourth-order valence-electron chi connectivity index (χ4n) is 1.42. The molecule has 6 heteroatoms. The van der Waals surface area contributed by atoms with Crippen LogP contribution in [-0.4, -0.2) is 11.6 Å². The largest absolute Gasteiger partial charge is 0.299 e. The maximum absolute atomic E-state index is 13.2. The number of benzene rings is 1. The Kier molecular flexibility index (Phi) is 4.58. The molecule has 1 rings (SSSR count). The molecule has 0 saturated heterocycles. The van der Waals surface area contributed by atoms with Crippen molar-refractivity contribution in [2.24, 2.45) is 0 Å². The van der Waals surface area contributed by atoms with Crippen molar-refractivity contribution < 1.29 is 27.2 Å². The first-order valence-electron chi connectivity index (χ1n) is 5.26. The molecule has 0 N–H and O–H groups in total. The number of hydrogen-bond acceptors (Lipinski definition) is 2. The van der Waals surface area contributed by atoms with Crippen LogP contribution in [0, 0.1) is 23.3 Å². The van der Waals surface area contributed by atoms with Crippen LogP contribution in [0.3, 0.4) is 0 Å². The van der Waals surface area contributed by atoms with Crippen molar-refractivity contribution in [2.45, 2.75) is 26.2 Å². The number of ketones is 2. The minimum Gasteiger partial charge on any atom is -0.299 e. The fourth-order valence-corrected chi connectivity index (χ4v) is 1.42. The Bertz CT molecular complexity index is 497. The average Bonchev–Trinajstić information content (AvgIpc) is 2.31. The molecule has 0 saturated carbocycles. The van der Waals surface area contributed by atoms with Gasteiger partial charge < -0.3 is 0 Å². The summed E-state index contributed by atoms with van der Waals surface area (Å²) >= 11 is 0. The first-order chi connectivity index (χ1) is 8.38. The maximum Gasteiger partial charge on any atom is 0.198 e. The summed E-state index contributed by atoms with van der Waals surface area (Å²) < 4.78 is 51.6. The van der Waals surface area contributed by atoms with Gasteiger partial charge in [0.25, 0.3) is 0 Å². The molecular weight excluding hydrogens is 252 g/mol. The van der Waals surface area contributed by atoms with E-state index in [1.807, 2.05) is 0 Å². The Morgan fingerprint density at radius 2 is 1.67 bits per heavy atom. The Balaban J connectivity index is 3.04. The second-order valence-corrected chi connectivity index (χ2v) is 3.74. The molecule has 0 fully saturated rings. The third kappa shape index (κ3) is 2.94. The van der Waals surface area contributed by atoms with E-state index < -0.39 is 46.8 Å². The highest BCUT2D eigenvalue weighted by Crippen LogP contribution is 2.20. The van der Waals surface area contributed by atoms with Gasteiger partial charge in [0.15, 0.2) is 29.1 Å². The van der Waals surface area contributed by atoms with E-state index in [-0.39, 0.29) is 12.5 Å². The minimum atomic E-state index is -2.05. The van der Waals surface area contributed by atoms with E-state index in [4.69, 9.17) is 0 Å². The van der Waals surface area contributed by atoms with Crippen molar-refractivity contribution in [2.75, 3.05) is 0 Å². The highest BCUT2D eigenvalue weighted by Gasteiger charge is 2.23. The predicted octanol–water partition coefficient (Wildman–Crippen LogP) is 3.19. The van der Waals surface area contributed by atoms with Gasteiger partial charge in [0.05, 0.1) is 12.0 Å². The second kappa shape index (κ2) is 5.75. The number of carbonyl (C=O) groups excluding carboxylic acids is 2. The highest BCUT2D eigenvalue weighted by atomic mass is 19.2. The molecule has 1 aromatic carbocycles. The van der Waals surface area contributed by atoms with Gasteiger partial charge in [-0.15, -0.1) is 0 Å². The summed E-state index contributed by atoms with van der Waals surface area (Å²) in [7, 11) is 0. The molecule has 0 bridgehead atoms. The molecule has 0 atom stereocenters. The Morgan fingerprint density at radius 1 is 1.06 bits per heavy atom. The summed E-state index contributed by atoms with van der Waals surface area (Å²) in [6.07, 6.45) is -0.0461. The van der Waals surface area contributed by atoms with E-state index in [1.54, 1.807) is 6.92 Å². The van der Waals surface area contributed by atoms with Gasteiger partial charge in [-0.1, -0.05) is 6.92 Å². The molecular formula is C12H10F4O2. The van der Waals surface area contributed by atoms with Gasteiger partial charge in [0.2, 0.25) is 0 Å². The normalized spacial score (nSPS) is 10.5. The molecule has 0 heterocycles. The number of halogens is 4. The molecule has 0 spiro atoms. The van der Waals surface area contributed by atoms with Crippen LogP contribution in [0.25, 0.3) is 0 Å². The van der Waals surface area contributed by atoms with E-state index in [1.165, 1.54) is 0 Å². The maximum atomic E-state index is 13.2. The summed E-state index contributed by atoms with van der Waals surface area (Å²) in [5, 5.41) is 0. The average molecular weight is 262 g/mol. The third-order valence-corrected chi connectivity index (χ3v) is 2.29. The molecule has 1 aromatic rings. The molecule has 0 aliphatic rings. The molecule has 18 heavy (non-hydrogen) atoms. The lowest BCUT2D eigenvalue weighted by molar-refractivity contribution is -0.118. The van der Waals surface area contributed by atoms with Gasteiger partial charge in [-0.2, -0.15) is 0 Å². The van der Waals surface area contributed by atoms with Crippen molar-refractivity contribution in [3.8, 4) is 0 Å². The van der Waals surface area contributed by atoms with Gasteiger partial charge in [0, 0.05) is 6.42 Å². The van der Waals surface area contributed by atoms with Crippen molar-refractivity contribution in [3.63, 3.8) is 0 Å². The van der Waals surface area contributed by atoms with E-state index in [2.05, 4.69) is 0 Å².